The van der Waals surface area contributed by atoms with Gasteiger partial charge in [-0.2, -0.15) is 0 Å². The van der Waals surface area contributed by atoms with Gasteiger partial charge in [0.05, 0.1) is 10.6 Å². The molecule has 2 rings (SSSR count). The molecule has 22 heavy (non-hydrogen) atoms. The van der Waals surface area contributed by atoms with E-state index in [0.29, 0.717) is 31.3 Å². The quantitative estimate of drug-likeness (QED) is 0.661. The second-order valence-corrected chi connectivity index (χ2v) is 4.97. The number of ether oxygens (including phenoxy) is 3. The first-order chi connectivity index (χ1) is 10.5. The van der Waals surface area contributed by atoms with Crippen molar-refractivity contribution < 1.29 is 23.8 Å². The van der Waals surface area contributed by atoms with E-state index < -0.39 is 18.0 Å². The first-order valence-electron chi connectivity index (χ1n) is 6.71. The topological polar surface area (TPSA) is 73.9 Å². The number of fused-ring (bicyclic) bond motifs is 1. The Hall–Kier alpha value is -2.21. The van der Waals surface area contributed by atoms with Gasteiger partial charge in [0.15, 0.2) is 17.6 Å². The number of rotatable bonds is 5. The summed E-state index contributed by atoms with van der Waals surface area (Å²) in [5.74, 6) is -0.285. The summed E-state index contributed by atoms with van der Waals surface area (Å²) < 4.78 is 15.9. The molecule has 6 nitrogen and oxygen atoms in total. The van der Waals surface area contributed by atoms with Crippen LogP contribution in [0.1, 0.15) is 17.3 Å². The summed E-state index contributed by atoms with van der Waals surface area (Å²) in [6, 6.07) is 2.91. The molecular formula is C15H16ClNO5. The highest BCUT2D eigenvalue weighted by Gasteiger charge is 2.23. The van der Waals surface area contributed by atoms with Crippen LogP contribution >= 0.6 is 11.6 Å². The Kier molecular flexibility index (Phi) is 5.27. The highest BCUT2D eigenvalue weighted by atomic mass is 35.5. The van der Waals surface area contributed by atoms with Gasteiger partial charge in [0, 0.05) is 6.54 Å². The van der Waals surface area contributed by atoms with Gasteiger partial charge in [-0.25, -0.2) is 4.79 Å². The van der Waals surface area contributed by atoms with Crippen LogP contribution in [0, 0.1) is 0 Å². The monoisotopic (exact) mass is 325 g/mol. The van der Waals surface area contributed by atoms with Gasteiger partial charge in [0.2, 0.25) is 0 Å². The van der Waals surface area contributed by atoms with E-state index >= 15 is 0 Å². The molecule has 118 valence electrons. The number of carbonyl (C=O) groups excluding carboxylic acids is 2. The van der Waals surface area contributed by atoms with E-state index in [1.165, 1.54) is 25.1 Å². The predicted molar refractivity (Wildman–Crippen MR) is 80.5 cm³/mol. The predicted octanol–water partition coefficient (Wildman–Crippen LogP) is 1.96. The van der Waals surface area contributed by atoms with Gasteiger partial charge in [0.25, 0.3) is 5.91 Å². The van der Waals surface area contributed by atoms with Crippen LogP contribution in [0.15, 0.2) is 24.8 Å². The number of carbonyl (C=O) groups is 2. The SMILES string of the molecule is C=CCNC(=O)[C@@H](C)OC(=O)c1cc(Cl)c2c(c1)OCCO2. The smallest absolute Gasteiger partial charge is 0.339 e. The lowest BCUT2D eigenvalue weighted by atomic mass is 10.2. The molecule has 0 unspecified atom stereocenters. The zero-order valence-electron chi connectivity index (χ0n) is 12.1. The normalized spacial score (nSPS) is 13.9. The molecule has 0 saturated carbocycles. The van der Waals surface area contributed by atoms with Crippen molar-refractivity contribution in [1.82, 2.24) is 5.32 Å². The molecule has 0 aromatic heterocycles. The number of esters is 1. The van der Waals surface area contributed by atoms with Crippen molar-refractivity contribution in [2.75, 3.05) is 19.8 Å². The van der Waals surface area contributed by atoms with Crippen molar-refractivity contribution in [2.45, 2.75) is 13.0 Å². The van der Waals surface area contributed by atoms with E-state index in [1.807, 2.05) is 0 Å². The van der Waals surface area contributed by atoms with Crippen LogP contribution in [0.5, 0.6) is 11.5 Å². The van der Waals surface area contributed by atoms with Gasteiger partial charge in [-0.1, -0.05) is 17.7 Å². The Morgan fingerprint density at radius 2 is 2.18 bits per heavy atom. The summed E-state index contributed by atoms with van der Waals surface area (Å²) in [6.45, 7) is 6.05. The molecule has 1 heterocycles. The van der Waals surface area contributed by atoms with Gasteiger partial charge >= 0.3 is 5.97 Å². The molecule has 1 aliphatic heterocycles. The van der Waals surface area contributed by atoms with Gasteiger partial charge in [-0.15, -0.1) is 6.58 Å². The summed E-state index contributed by atoms with van der Waals surface area (Å²) in [5.41, 5.74) is 0.192. The van der Waals surface area contributed by atoms with E-state index in [0.717, 1.165) is 0 Å². The minimum absolute atomic E-state index is 0.192. The second kappa shape index (κ2) is 7.17. The number of hydrogen-bond acceptors (Lipinski definition) is 5. The maximum Gasteiger partial charge on any atom is 0.339 e. The van der Waals surface area contributed by atoms with Crippen molar-refractivity contribution in [1.29, 1.82) is 0 Å². The molecule has 0 fully saturated rings. The number of benzene rings is 1. The lowest BCUT2D eigenvalue weighted by Crippen LogP contribution is -2.35. The van der Waals surface area contributed by atoms with Crippen molar-refractivity contribution >= 4 is 23.5 Å². The molecule has 0 saturated heterocycles. The summed E-state index contributed by atoms with van der Waals surface area (Å²) >= 11 is 6.06. The van der Waals surface area contributed by atoms with Crippen LogP contribution < -0.4 is 14.8 Å². The fourth-order valence-electron chi connectivity index (χ4n) is 1.83. The zero-order valence-corrected chi connectivity index (χ0v) is 12.8. The van der Waals surface area contributed by atoms with Crippen LogP contribution in [0.25, 0.3) is 0 Å². The fourth-order valence-corrected chi connectivity index (χ4v) is 2.09. The number of hydrogen-bond donors (Lipinski definition) is 1. The Labute approximate surface area is 133 Å². The Morgan fingerprint density at radius 1 is 1.45 bits per heavy atom. The molecule has 0 bridgehead atoms. The Balaban J connectivity index is 2.08. The van der Waals surface area contributed by atoms with Crippen LogP contribution in [-0.2, 0) is 9.53 Å². The van der Waals surface area contributed by atoms with Gasteiger partial charge in [-0.05, 0) is 19.1 Å². The van der Waals surface area contributed by atoms with Crippen molar-refractivity contribution in [2.24, 2.45) is 0 Å². The third-order valence-corrected chi connectivity index (χ3v) is 3.19. The first kappa shape index (κ1) is 16.2. The van der Waals surface area contributed by atoms with Crippen LogP contribution in [0.4, 0.5) is 0 Å². The number of amides is 1. The zero-order chi connectivity index (χ0) is 16.1. The molecule has 0 aliphatic carbocycles. The largest absolute Gasteiger partial charge is 0.486 e. The highest BCUT2D eigenvalue weighted by molar-refractivity contribution is 6.32. The average molecular weight is 326 g/mol. The lowest BCUT2D eigenvalue weighted by molar-refractivity contribution is -0.128. The summed E-state index contributed by atoms with van der Waals surface area (Å²) in [4.78, 5) is 23.8. The van der Waals surface area contributed by atoms with Crippen molar-refractivity contribution in [3.8, 4) is 11.5 Å². The molecule has 1 amide bonds. The molecule has 7 heteroatoms. The van der Waals surface area contributed by atoms with Gasteiger partial charge in [0.1, 0.15) is 13.2 Å². The standard InChI is InChI=1S/C15H16ClNO5/c1-3-4-17-14(18)9(2)22-15(19)10-7-11(16)13-12(8-10)20-5-6-21-13/h3,7-9H,1,4-6H2,2H3,(H,17,18)/t9-/m1/s1. The Morgan fingerprint density at radius 3 is 2.91 bits per heavy atom. The van der Waals surface area contributed by atoms with Gasteiger partial charge < -0.3 is 19.5 Å². The van der Waals surface area contributed by atoms with Crippen LogP contribution in [-0.4, -0.2) is 37.7 Å². The maximum absolute atomic E-state index is 12.1. The summed E-state index contributed by atoms with van der Waals surface area (Å²) in [6.07, 6.45) is 0.604. The molecule has 0 radical (unpaired) electrons. The van der Waals surface area contributed by atoms with Crippen LogP contribution in [0.3, 0.4) is 0 Å². The number of halogens is 1. The number of nitrogens with one attached hydrogen (secondary N) is 1. The average Bonchev–Trinajstić information content (AvgIpc) is 2.52. The molecule has 1 atom stereocenters. The summed E-state index contributed by atoms with van der Waals surface area (Å²) in [7, 11) is 0. The van der Waals surface area contributed by atoms with E-state index in [-0.39, 0.29) is 10.6 Å². The molecular weight excluding hydrogens is 310 g/mol. The molecule has 0 spiro atoms. The third-order valence-electron chi connectivity index (χ3n) is 2.91. The molecule has 1 N–H and O–H groups in total. The Bertz CT molecular complexity index is 602. The van der Waals surface area contributed by atoms with Gasteiger partial charge in [-0.3, -0.25) is 4.79 Å². The maximum atomic E-state index is 12.1. The molecule has 1 aromatic rings. The lowest BCUT2D eigenvalue weighted by Gasteiger charge is -2.20. The molecule has 1 aliphatic rings. The van der Waals surface area contributed by atoms with E-state index in [9.17, 15) is 9.59 Å². The fraction of sp³-hybridized carbons (Fsp3) is 0.333. The van der Waals surface area contributed by atoms with E-state index in [1.54, 1.807) is 0 Å². The minimum atomic E-state index is -0.931. The van der Waals surface area contributed by atoms with Crippen molar-refractivity contribution in [3.63, 3.8) is 0 Å². The molecule has 1 aromatic carbocycles. The minimum Gasteiger partial charge on any atom is -0.486 e. The van der Waals surface area contributed by atoms with E-state index in [2.05, 4.69) is 11.9 Å². The van der Waals surface area contributed by atoms with Crippen molar-refractivity contribution in [3.05, 3.63) is 35.4 Å². The second-order valence-electron chi connectivity index (χ2n) is 4.56. The van der Waals surface area contributed by atoms with Crippen LogP contribution in [0.2, 0.25) is 5.02 Å². The summed E-state index contributed by atoms with van der Waals surface area (Å²) in [5, 5.41) is 2.80. The van der Waals surface area contributed by atoms with E-state index in [4.69, 9.17) is 25.8 Å². The highest BCUT2D eigenvalue weighted by Crippen LogP contribution is 2.38. The first-order valence-corrected chi connectivity index (χ1v) is 7.09. The third kappa shape index (κ3) is 3.71.